The summed E-state index contributed by atoms with van der Waals surface area (Å²) in [5.74, 6) is 0.0773. The second-order valence-corrected chi connectivity index (χ2v) is 6.46. The molecule has 0 radical (unpaired) electrons. The minimum absolute atomic E-state index is 0.0373. The summed E-state index contributed by atoms with van der Waals surface area (Å²) in [6.07, 6.45) is 1.56. The zero-order valence-corrected chi connectivity index (χ0v) is 13.5. The van der Waals surface area contributed by atoms with Gasteiger partial charge in [0.25, 0.3) is 5.91 Å². The number of nitrogens with zero attached hydrogens (tertiary/aromatic N) is 1. The Morgan fingerprint density at radius 2 is 2.14 bits per heavy atom. The number of carbonyl (C=O) groups is 1. The highest BCUT2D eigenvalue weighted by molar-refractivity contribution is 9.11. The third-order valence-electron chi connectivity index (χ3n) is 2.60. The lowest BCUT2D eigenvalue weighted by Gasteiger charge is -2.08. The maximum Gasteiger partial charge on any atom is 0.266 e. The third-order valence-corrected chi connectivity index (χ3v) is 4.17. The van der Waals surface area contributed by atoms with E-state index >= 15 is 0 Å². The average molecular weight is 363 g/mol. The SMILES string of the molecule is COc1ccccc1NC(=O)C(C#N)=Cc1ccc(Br)s1. The maximum absolute atomic E-state index is 12.2. The Balaban J connectivity index is 2.22. The Hall–Kier alpha value is -2.10. The molecule has 4 nitrogen and oxygen atoms in total. The van der Waals surface area contributed by atoms with Crippen molar-refractivity contribution >= 4 is 44.9 Å². The van der Waals surface area contributed by atoms with E-state index in [1.807, 2.05) is 18.2 Å². The summed E-state index contributed by atoms with van der Waals surface area (Å²) in [4.78, 5) is 13.0. The number of methoxy groups -OCH3 is 1. The van der Waals surface area contributed by atoms with E-state index in [1.165, 1.54) is 18.4 Å². The maximum atomic E-state index is 12.2. The van der Waals surface area contributed by atoms with Crippen LogP contribution in [0.15, 0.2) is 45.8 Å². The first-order valence-electron chi connectivity index (χ1n) is 5.95. The quantitative estimate of drug-likeness (QED) is 0.658. The Kier molecular flexibility index (Phi) is 5.14. The van der Waals surface area contributed by atoms with Crippen molar-refractivity contribution in [2.24, 2.45) is 0 Å². The van der Waals surface area contributed by atoms with Gasteiger partial charge in [0.15, 0.2) is 0 Å². The number of carbonyl (C=O) groups excluding carboxylic acids is 1. The van der Waals surface area contributed by atoms with Crippen molar-refractivity contribution in [3.8, 4) is 11.8 Å². The first kappa shape index (κ1) is 15.3. The molecule has 0 atom stereocenters. The van der Waals surface area contributed by atoms with Crippen LogP contribution >= 0.6 is 27.3 Å². The summed E-state index contributed by atoms with van der Waals surface area (Å²) in [6, 6.07) is 12.7. The van der Waals surface area contributed by atoms with Crippen molar-refractivity contribution in [1.29, 1.82) is 5.26 Å². The number of hydrogen-bond acceptors (Lipinski definition) is 4. The number of rotatable bonds is 4. The van der Waals surface area contributed by atoms with Gasteiger partial charge in [-0.1, -0.05) is 12.1 Å². The van der Waals surface area contributed by atoms with Crippen LogP contribution in [0.25, 0.3) is 6.08 Å². The van der Waals surface area contributed by atoms with E-state index in [0.29, 0.717) is 11.4 Å². The Morgan fingerprint density at radius 3 is 2.76 bits per heavy atom. The van der Waals surface area contributed by atoms with Crippen molar-refractivity contribution in [3.05, 3.63) is 50.6 Å². The number of hydrogen-bond donors (Lipinski definition) is 1. The molecule has 0 aliphatic rings. The van der Waals surface area contributed by atoms with Gasteiger partial charge in [0.2, 0.25) is 0 Å². The van der Waals surface area contributed by atoms with Gasteiger partial charge in [-0.3, -0.25) is 4.79 Å². The van der Waals surface area contributed by atoms with Gasteiger partial charge in [0, 0.05) is 4.88 Å². The number of nitriles is 1. The molecular formula is C15H11BrN2O2S. The fourth-order valence-corrected chi connectivity index (χ4v) is 3.00. The number of halogens is 1. The molecular weight excluding hydrogens is 352 g/mol. The summed E-state index contributed by atoms with van der Waals surface area (Å²) < 4.78 is 6.10. The predicted octanol–water partition coefficient (Wildman–Crippen LogP) is 4.06. The van der Waals surface area contributed by atoms with Crippen molar-refractivity contribution in [3.63, 3.8) is 0 Å². The molecule has 0 unspecified atom stereocenters. The molecule has 2 aromatic rings. The second kappa shape index (κ2) is 7.07. The van der Waals surface area contributed by atoms with Gasteiger partial charge >= 0.3 is 0 Å². The minimum Gasteiger partial charge on any atom is -0.495 e. The van der Waals surface area contributed by atoms with E-state index in [1.54, 1.807) is 30.3 Å². The molecule has 0 aliphatic heterocycles. The van der Waals surface area contributed by atoms with Crippen molar-refractivity contribution in [2.45, 2.75) is 0 Å². The molecule has 0 bridgehead atoms. The normalized spacial score (nSPS) is 10.8. The molecule has 0 saturated carbocycles. The van der Waals surface area contributed by atoms with E-state index in [0.717, 1.165) is 8.66 Å². The molecule has 1 heterocycles. The number of thiophene rings is 1. The highest BCUT2D eigenvalue weighted by atomic mass is 79.9. The molecule has 0 saturated heterocycles. The number of benzene rings is 1. The van der Waals surface area contributed by atoms with Crippen LogP contribution in [-0.4, -0.2) is 13.0 Å². The van der Waals surface area contributed by atoms with Crippen LogP contribution in [0.3, 0.4) is 0 Å². The van der Waals surface area contributed by atoms with E-state index in [9.17, 15) is 4.79 Å². The minimum atomic E-state index is -0.466. The van der Waals surface area contributed by atoms with Gasteiger partial charge in [-0.15, -0.1) is 11.3 Å². The molecule has 1 amide bonds. The van der Waals surface area contributed by atoms with Crippen LogP contribution in [0.4, 0.5) is 5.69 Å². The van der Waals surface area contributed by atoms with E-state index in [4.69, 9.17) is 10.00 Å². The summed E-state index contributed by atoms with van der Waals surface area (Å²) >= 11 is 4.79. The first-order valence-corrected chi connectivity index (χ1v) is 7.56. The van der Waals surface area contributed by atoms with Crippen molar-refractivity contribution in [1.82, 2.24) is 0 Å². The summed E-state index contributed by atoms with van der Waals surface area (Å²) in [5.41, 5.74) is 0.564. The summed E-state index contributed by atoms with van der Waals surface area (Å²) in [5, 5.41) is 11.8. The molecule has 1 N–H and O–H groups in total. The smallest absolute Gasteiger partial charge is 0.266 e. The molecule has 6 heteroatoms. The number of amides is 1. The van der Waals surface area contributed by atoms with Crippen LogP contribution in [0, 0.1) is 11.3 Å². The van der Waals surface area contributed by atoms with Gasteiger partial charge in [0.1, 0.15) is 17.4 Å². The van der Waals surface area contributed by atoms with E-state index in [2.05, 4.69) is 21.2 Å². The topological polar surface area (TPSA) is 62.1 Å². The molecule has 0 spiro atoms. The lowest BCUT2D eigenvalue weighted by Crippen LogP contribution is -2.14. The standard InChI is InChI=1S/C15H11BrN2O2S/c1-20-13-5-3-2-4-12(13)18-15(19)10(9-17)8-11-6-7-14(16)21-11/h2-8H,1H3,(H,18,19). The Bertz CT molecular complexity index is 731. The Labute approximate surface area is 134 Å². The van der Waals surface area contributed by atoms with E-state index in [-0.39, 0.29) is 5.57 Å². The van der Waals surface area contributed by atoms with Crippen LogP contribution in [0.5, 0.6) is 5.75 Å². The first-order chi connectivity index (χ1) is 10.1. The molecule has 0 aliphatic carbocycles. The van der Waals surface area contributed by atoms with Gasteiger partial charge < -0.3 is 10.1 Å². The molecule has 1 aromatic heterocycles. The molecule has 0 fully saturated rings. The second-order valence-electron chi connectivity index (χ2n) is 3.97. The zero-order chi connectivity index (χ0) is 15.2. The number of ether oxygens (including phenoxy) is 1. The lowest BCUT2D eigenvalue weighted by atomic mass is 10.2. The van der Waals surface area contributed by atoms with Crippen LogP contribution in [0.1, 0.15) is 4.88 Å². The van der Waals surface area contributed by atoms with Crippen molar-refractivity contribution in [2.75, 3.05) is 12.4 Å². The van der Waals surface area contributed by atoms with Crippen LogP contribution < -0.4 is 10.1 Å². The molecule has 106 valence electrons. The number of para-hydroxylation sites is 2. The zero-order valence-electron chi connectivity index (χ0n) is 11.1. The van der Waals surface area contributed by atoms with Gasteiger partial charge in [-0.05, 0) is 46.3 Å². The average Bonchev–Trinajstić information content (AvgIpc) is 2.90. The predicted molar refractivity (Wildman–Crippen MR) is 87.2 cm³/mol. The van der Waals surface area contributed by atoms with E-state index < -0.39 is 5.91 Å². The Morgan fingerprint density at radius 1 is 1.38 bits per heavy atom. The number of nitrogens with one attached hydrogen (secondary N) is 1. The van der Waals surface area contributed by atoms with Gasteiger partial charge in [-0.2, -0.15) is 5.26 Å². The van der Waals surface area contributed by atoms with Crippen LogP contribution in [0.2, 0.25) is 0 Å². The van der Waals surface area contributed by atoms with Gasteiger partial charge in [0.05, 0.1) is 16.6 Å². The summed E-state index contributed by atoms with van der Waals surface area (Å²) in [6.45, 7) is 0. The fraction of sp³-hybridized carbons (Fsp3) is 0.0667. The van der Waals surface area contributed by atoms with Gasteiger partial charge in [-0.25, -0.2) is 0 Å². The van der Waals surface area contributed by atoms with Crippen molar-refractivity contribution < 1.29 is 9.53 Å². The number of anilines is 1. The lowest BCUT2D eigenvalue weighted by molar-refractivity contribution is -0.112. The monoisotopic (exact) mass is 362 g/mol. The largest absolute Gasteiger partial charge is 0.495 e. The van der Waals surface area contributed by atoms with Crippen LogP contribution in [-0.2, 0) is 4.79 Å². The highest BCUT2D eigenvalue weighted by Crippen LogP contribution is 2.26. The summed E-state index contributed by atoms with van der Waals surface area (Å²) in [7, 11) is 1.52. The fourth-order valence-electron chi connectivity index (χ4n) is 1.63. The molecule has 2 rings (SSSR count). The molecule has 1 aromatic carbocycles. The highest BCUT2D eigenvalue weighted by Gasteiger charge is 2.12. The molecule has 21 heavy (non-hydrogen) atoms. The third kappa shape index (κ3) is 3.94.